The van der Waals surface area contributed by atoms with Crippen molar-refractivity contribution in [1.82, 2.24) is 30.0 Å². The molecule has 2 aromatic heterocycles. The third-order valence-electron chi connectivity index (χ3n) is 11.7. The van der Waals surface area contributed by atoms with Crippen LogP contribution in [-0.2, 0) is 63.9 Å². The standard InChI is InChI=1S/C53H52N6O13S3/c1-36-13-24-46(25-14-36)75(65,66)72-28-27-70-44-12-8-9-37(29-44)33-69-35-52(2,50(61)62)55-49(60)32-59-31-41(56-58-59)34-71-45-23-26-47-48(30-45)73-51(54-47)74(63,64)57-53(38-10-6-5-7-11-38,39-15-19-42(67-3)20-16-39)40-17-21-43(68-4)22-18-40/h5-26,29-31,57H,27-28,32-35H2,1-4H3,(H,55,60)(H,61,62)/t52-/m0/s1. The number of thiazole rings is 1. The maximum Gasteiger partial charge on any atom is 0.331 e. The van der Waals surface area contributed by atoms with Crippen LogP contribution in [-0.4, -0.2) is 93.4 Å². The van der Waals surface area contributed by atoms with Crippen LogP contribution < -0.4 is 29.0 Å². The van der Waals surface area contributed by atoms with E-state index in [9.17, 15) is 31.5 Å². The number of fused-ring (bicyclic) bond motifs is 1. The largest absolute Gasteiger partial charge is 0.497 e. The first-order chi connectivity index (χ1) is 36.0. The lowest BCUT2D eigenvalue weighted by Crippen LogP contribution is -2.56. The number of amides is 1. The summed E-state index contributed by atoms with van der Waals surface area (Å²) in [4.78, 5) is 30.1. The number of hydrogen-bond acceptors (Lipinski definition) is 16. The van der Waals surface area contributed by atoms with E-state index in [1.165, 1.54) is 29.9 Å². The molecule has 0 radical (unpaired) electrons. The summed E-state index contributed by atoms with van der Waals surface area (Å²) in [5.74, 6) is -0.00666. The summed E-state index contributed by atoms with van der Waals surface area (Å²) in [5.41, 5.74) is 0.996. The van der Waals surface area contributed by atoms with Gasteiger partial charge < -0.3 is 34.1 Å². The van der Waals surface area contributed by atoms with E-state index in [4.69, 9.17) is 27.9 Å². The van der Waals surface area contributed by atoms with Gasteiger partial charge in [0, 0.05) is 0 Å². The van der Waals surface area contributed by atoms with Crippen molar-refractivity contribution in [2.24, 2.45) is 0 Å². The fourth-order valence-electron chi connectivity index (χ4n) is 7.84. The number of nitrogens with one attached hydrogen (secondary N) is 2. The number of sulfonamides is 1. The zero-order valence-corrected chi connectivity index (χ0v) is 43.5. The van der Waals surface area contributed by atoms with Gasteiger partial charge in [-0.25, -0.2) is 22.9 Å². The van der Waals surface area contributed by atoms with Gasteiger partial charge in [-0.3, -0.25) is 8.98 Å². The lowest BCUT2D eigenvalue weighted by atomic mass is 9.78. The first kappa shape index (κ1) is 53.6. The highest BCUT2D eigenvalue weighted by molar-refractivity contribution is 7.91. The quantitative estimate of drug-likeness (QED) is 0.0296. The average Bonchev–Trinajstić information content (AvgIpc) is 4.06. The summed E-state index contributed by atoms with van der Waals surface area (Å²) < 4.78 is 92.2. The average molecular weight is 1080 g/mol. The minimum Gasteiger partial charge on any atom is -0.497 e. The van der Waals surface area contributed by atoms with Crippen molar-refractivity contribution in [2.45, 2.75) is 53.9 Å². The first-order valence-corrected chi connectivity index (χ1v) is 26.8. The second kappa shape index (κ2) is 23.2. The number of methoxy groups -OCH3 is 2. The minimum atomic E-state index is -4.34. The van der Waals surface area contributed by atoms with Gasteiger partial charge in [0.1, 0.15) is 60.6 Å². The summed E-state index contributed by atoms with van der Waals surface area (Å²) in [6, 6.07) is 41.6. The van der Waals surface area contributed by atoms with Gasteiger partial charge >= 0.3 is 5.97 Å². The molecule has 19 nitrogen and oxygen atoms in total. The van der Waals surface area contributed by atoms with Crippen molar-refractivity contribution in [3.63, 3.8) is 0 Å². The maximum absolute atomic E-state index is 14.6. The Hall–Kier alpha value is -7.73. The van der Waals surface area contributed by atoms with Crippen LogP contribution >= 0.6 is 11.3 Å². The number of hydrogen-bond donors (Lipinski definition) is 3. The molecule has 0 saturated carbocycles. The molecule has 6 aromatic carbocycles. The third kappa shape index (κ3) is 13.0. The number of carbonyl (C=O) groups is 2. The van der Waals surface area contributed by atoms with Crippen LogP contribution in [0.1, 0.15) is 40.4 Å². The number of rotatable bonds is 25. The predicted molar refractivity (Wildman–Crippen MR) is 277 cm³/mol. The number of carbonyl (C=O) groups excluding carboxylic acids is 1. The fourth-order valence-corrected chi connectivity index (χ4v) is 11.4. The molecule has 2 heterocycles. The Morgan fingerprint density at radius 3 is 2.01 bits per heavy atom. The summed E-state index contributed by atoms with van der Waals surface area (Å²) in [5, 5.41) is 20.7. The molecule has 1 atom stereocenters. The molecule has 0 saturated heterocycles. The van der Waals surface area contributed by atoms with Crippen LogP contribution in [0.5, 0.6) is 23.0 Å². The number of benzene rings is 6. The van der Waals surface area contributed by atoms with Crippen molar-refractivity contribution in [3.05, 3.63) is 185 Å². The summed E-state index contributed by atoms with van der Waals surface area (Å²) in [6.45, 7) is 2.02. The van der Waals surface area contributed by atoms with Gasteiger partial charge in [0.15, 0.2) is 5.54 Å². The molecule has 8 rings (SSSR count). The Kier molecular flexibility index (Phi) is 16.6. The van der Waals surface area contributed by atoms with Crippen molar-refractivity contribution < 1.29 is 59.4 Å². The third-order valence-corrected chi connectivity index (χ3v) is 15.9. The zero-order chi connectivity index (χ0) is 53.2. The van der Waals surface area contributed by atoms with Crippen LogP contribution in [0.3, 0.4) is 0 Å². The molecule has 0 spiro atoms. The molecule has 8 aromatic rings. The van der Waals surface area contributed by atoms with Gasteiger partial charge in [-0.1, -0.05) is 89.6 Å². The first-order valence-electron chi connectivity index (χ1n) is 23.1. The number of aryl methyl sites for hydroxylation is 1. The highest BCUT2D eigenvalue weighted by Crippen LogP contribution is 2.41. The van der Waals surface area contributed by atoms with Crippen LogP contribution in [0.4, 0.5) is 0 Å². The van der Waals surface area contributed by atoms with Crippen molar-refractivity contribution in [3.8, 4) is 23.0 Å². The topological polar surface area (TPSA) is 246 Å². The summed E-state index contributed by atoms with van der Waals surface area (Å²) in [6.07, 6.45) is 1.48. The minimum absolute atomic E-state index is 0.0276. The number of nitrogens with zero attached hydrogens (tertiary/aromatic N) is 4. The molecule has 0 unspecified atom stereocenters. The van der Waals surface area contributed by atoms with Crippen LogP contribution in [0.15, 0.2) is 161 Å². The van der Waals surface area contributed by atoms with Crippen molar-refractivity contribution in [1.29, 1.82) is 0 Å². The number of aliphatic carboxylic acids is 1. The molecule has 0 fully saturated rings. The SMILES string of the molecule is COc1ccc(C(NS(=O)(=O)c2nc3ccc(OCc4cn(CC(=O)N[C@@](C)(COCc5cccc(OCCOS(=O)(=O)c6ccc(C)cc6)c5)C(=O)O)nn4)cc3s2)(c2ccccc2)c2ccc(OC)cc2)cc1. The van der Waals surface area contributed by atoms with Gasteiger partial charge in [0.2, 0.25) is 10.2 Å². The molecule has 0 bridgehead atoms. The molecular formula is C53H52N6O13S3. The van der Waals surface area contributed by atoms with Gasteiger partial charge in [-0.05, 0) is 103 Å². The van der Waals surface area contributed by atoms with E-state index in [2.05, 4.69) is 25.3 Å². The Morgan fingerprint density at radius 2 is 1.36 bits per heavy atom. The zero-order valence-electron chi connectivity index (χ0n) is 41.0. The smallest absolute Gasteiger partial charge is 0.331 e. The van der Waals surface area contributed by atoms with E-state index in [-0.39, 0.29) is 42.2 Å². The maximum atomic E-state index is 14.6. The van der Waals surface area contributed by atoms with Gasteiger partial charge in [-0.2, -0.15) is 13.1 Å². The van der Waals surface area contributed by atoms with E-state index >= 15 is 0 Å². The summed E-state index contributed by atoms with van der Waals surface area (Å²) in [7, 11) is -5.17. The van der Waals surface area contributed by atoms with Crippen molar-refractivity contribution in [2.75, 3.05) is 34.0 Å². The van der Waals surface area contributed by atoms with Gasteiger partial charge in [-0.15, -0.1) is 16.4 Å². The summed E-state index contributed by atoms with van der Waals surface area (Å²) >= 11 is 0.970. The number of carboxylic acids is 1. The van der Waals surface area contributed by atoms with Crippen LogP contribution in [0, 0.1) is 6.92 Å². The van der Waals surface area contributed by atoms with Gasteiger partial charge in [0.05, 0.1) is 48.7 Å². The van der Waals surface area contributed by atoms with Crippen molar-refractivity contribution >= 4 is 53.6 Å². The van der Waals surface area contributed by atoms with E-state index in [0.29, 0.717) is 61.2 Å². The molecule has 390 valence electrons. The Bertz CT molecular complexity index is 3440. The predicted octanol–water partition coefficient (Wildman–Crippen LogP) is 7.02. The molecule has 3 N–H and O–H groups in total. The fraction of sp³-hybridized carbons (Fsp3) is 0.226. The van der Waals surface area contributed by atoms with E-state index in [1.807, 2.05) is 61.5 Å². The highest BCUT2D eigenvalue weighted by atomic mass is 32.2. The van der Waals surface area contributed by atoms with Crippen LogP contribution in [0.2, 0.25) is 0 Å². The Morgan fingerprint density at radius 1 is 0.720 bits per heavy atom. The van der Waals surface area contributed by atoms with E-state index < -0.39 is 49.7 Å². The monoisotopic (exact) mass is 1080 g/mol. The molecule has 0 aliphatic carbocycles. The number of ether oxygens (including phenoxy) is 5. The molecule has 0 aliphatic heterocycles. The molecule has 0 aliphatic rings. The lowest BCUT2D eigenvalue weighted by Gasteiger charge is -2.36. The molecular weight excluding hydrogens is 1020 g/mol. The highest BCUT2D eigenvalue weighted by Gasteiger charge is 2.42. The van der Waals surface area contributed by atoms with E-state index in [1.54, 1.807) is 93.1 Å². The molecule has 22 heteroatoms. The number of aromatic nitrogens is 4. The Balaban J connectivity index is 0.863. The van der Waals surface area contributed by atoms with E-state index in [0.717, 1.165) is 16.9 Å². The second-order valence-electron chi connectivity index (χ2n) is 17.2. The van der Waals surface area contributed by atoms with Gasteiger partial charge in [0.25, 0.3) is 20.1 Å². The Labute approximate surface area is 437 Å². The molecule has 75 heavy (non-hydrogen) atoms. The lowest BCUT2D eigenvalue weighted by molar-refractivity contribution is -0.150. The molecule has 1 amide bonds. The second-order valence-corrected chi connectivity index (χ2v) is 21.7. The number of carboxylic acid groups (broad SMARTS) is 1. The normalized spacial score (nSPS) is 12.7. The van der Waals surface area contributed by atoms with Crippen LogP contribution in [0.25, 0.3) is 10.2 Å².